The first kappa shape index (κ1) is 15.3. The molecule has 0 nitrogen and oxygen atoms in total. The molecule has 0 bridgehead atoms. The summed E-state index contributed by atoms with van der Waals surface area (Å²) in [7, 11) is 5.67. The fraction of sp³-hybridized carbons (Fsp3) is 0.100. The van der Waals surface area contributed by atoms with Gasteiger partial charge < -0.3 is 0 Å². The molecule has 0 N–H and O–H groups in total. The fourth-order valence-electron chi connectivity index (χ4n) is 3.16. The number of hydrogen-bond acceptors (Lipinski definition) is 3. The summed E-state index contributed by atoms with van der Waals surface area (Å²) < 4.78 is 0. The third kappa shape index (κ3) is 2.61. The smallest absolute Gasteiger partial charge is 0.0374 e. The largest absolute Gasteiger partial charge is 0.0622 e. The quantitative estimate of drug-likeness (QED) is 0.441. The molecule has 0 unspecified atom stereocenters. The van der Waals surface area contributed by atoms with E-state index >= 15 is 0 Å². The van der Waals surface area contributed by atoms with Crippen molar-refractivity contribution in [2.24, 2.45) is 0 Å². The van der Waals surface area contributed by atoms with Gasteiger partial charge in [0.1, 0.15) is 0 Å². The second-order valence-corrected chi connectivity index (χ2v) is 9.54. The Balaban J connectivity index is 2.10. The Bertz CT molecular complexity index is 783. The molecular weight excluding hydrogens is 336 g/mol. The molecular formula is C20H16S3. The van der Waals surface area contributed by atoms with Crippen LogP contribution in [0.3, 0.4) is 0 Å². The highest BCUT2D eigenvalue weighted by molar-refractivity contribution is 9.10. The van der Waals surface area contributed by atoms with Crippen molar-refractivity contribution >= 4 is 31.4 Å². The topological polar surface area (TPSA) is 0 Å². The molecule has 23 heavy (non-hydrogen) atoms. The van der Waals surface area contributed by atoms with E-state index in [1.807, 2.05) is 31.4 Å². The van der Waals surface area contributed by atoms with Crippen molar-refractivity contribution in [1.82, 2.24) is 0 Å². The van der Waals surface area contributed by atoms with Crippen LogP contribution < -0.4 is 0 Å². The van der Waals surface area contributed by atoms with E-state index in [1.165, 1.54) is 43.2 Å². The average Bonchev–Trinajstić information content (AvgIpc) is 3.10. The van der Waals surface area contributed by atoms with E-state index in [0.717, 1.165) is 0 Å². The molecule has 0 saturated carbocycles. The van der Waals surface area contributed by atoms with Crippen LogP contribution in [-0.2, 0) is 0 Å². The molecule has 1 heterocycles. The molecule has 3 heteroatoms. The van der Waals surface area contributed by atoms with Crippen molar-refractivity contribution in [3.63, 3.8) is 0 Å². The lowest BCUT2D eigenvalue weighted by molar-refractivity contribution is 1.13. The van der Waals surface area contributed by atoms with Gasteiger partial charge >= 0.3 is 0 Å². The molecule has 0 aromatic heterocycles. The standard InChI is InChI=1S/C20H16S3/c1-13-17(15-9-5-3-6-10-15)18(16-11-7-4-8-12-16)14(2)20-19(13)21-23-22-20/h3-12H,1-2H3. The lowest BCUT2D eigenvalue weighted by Crippen LogP contribution is -1.96. The van der Waals surface area contributed by atoms with Gasteiger partial charge in [-0.05, 0) is 78.6 Å². The third-order valence-corrected chi connectivity index (χ3v) is 8.50. The predicted octanol–water partition coefficient (Wildman–Crippen LogP) is 7.40. The van der Waals surface area contributed by atoms with Gasteiger partial charge in [0.05, 0.1) is 0 Å². The maximum atomic E-state index is 2.27. The first-order valence-corrected chi connectivity index (χ1v) is 11.0. The summed E-state index contributed by atoms with van der Waals surface area (Å²) in [6.45, 7) is 4.54. The minimum absolute atomic E-state index is 1.30. The summed E-state index contributed by atoms with van der Waals surface area (Å²) in [6.07, 6.45) is 0. The van der Waals surface area contributed by atoms with Crippen LogP contribution in [0.25, 0.3) is 22.3 Å². The highest BCUT2D eigenvalue weighted by atomic mass is 33.5. The van der Waals surface area contributed by atoms with Crippen molar-refractivity contribution in [2.75, 3.05) is 0 Å². The van der Waals surface area contributed by atoms with E-state index < -0.39 is 0 Å². The Morgan fingerprint density at radius 2 is 0.957 bits per heavy atom. The van der Waals surface area contributed by atoms with Gasteiger partial charge in [0.2, 0.25) is 0 Å². The van der Waals surface area contributed by atoms with E-state index in [9.17, 15) is 0 Å². The van der Waals surface area contributed by atoms with Crippen LogP contribution in [0.1, 0.15) is 11.1 Å². The molecule has 1 aliphatic rings. The summed E-state index contributed by atoms with van der Waals surface area (Å²) in [5, 5.41) is 0. The van der Waals surface area contributed by atoms with Crippen LogP contribution in [0.5, 0.6) is 0 Å². The Hall–Kier alpha value is -1.29. The zero-order valence-electron chi connectivity index (χ0n) is 13.0. The third-order valence-electron chi connectivity index (χ3n) is 4.25. The van der Waals surface area contributed by atoms with Crippen LogP contribution in [0.4, 0.5) is 0 Å². The summed E-state index contributed by atoms with van der Waals surface area (Å²) in [5.41, 5.74) is 8.16. The molecule has 3 aromatic carbocycles. The molecule has 114 valence electrons. The number of hydrogen-bond donors (Lipinski definition) is 0. The van der Waals surface area contributed by atoms with Crippen molar-refractivity contribution in [3.8, 4) is 22.3 Å². The molecule has 0 amide bonds. The van der Waals surface area contributed by atoms with Crippen LogP contribution in [0.2, 0.25) is 0 Å². The number of benzene rings is 3. The lowest BCUT2D eigenvalue weighted by Gasteiger charge is -2.20. The van der Waals surface area contributed by atoms with E-state index in [2.05, 4.69) is 74.5 Å². The molecule has 0 fully saturated rings. The lowest BCUT2D eigenvalue weighted by atomic mass is 9.88. The van der Waals surface area contributed by atoms with Gasteiger partial charge in [0.25, 0.3) is 0 Å². The van der Waals surface area contributed by atoms with Gasteiger partial charge in [-0.15, -0.1) is 0 Å². The van der Waals surface area contributed by atoms with Crippen LogP contribution in [-0.4, -0.2) is 0 Å². The zero-order valence-corrected chi connectivity index (χ0v) is 15.4. The average molecular weight is 353 g/mol. The second-order valence-electron chi connectivity index (χ2n) is 5.63. The Morgan fingerprint density at radius 1 is 0.565 bits per heavy atom. The molecule has 4 rings (SSSR count). The molecule has 0 spiro atoms. The highest BCUT2D eigenvalue weighted by Gasteiger charge is 2.25. The fourth-order valence-corrected chi connectivity index (χ4v) is 8.10. The summed E-state index contributed by atoms with van der Waals surface area (Å²) >= 11 is 0. The minimum Gasteiger partial charge on any atom is -0.0622 e. The molecule has 1 aliphatic heterocycles. The van der Waals surface area contributed by atoms with Gasteiger partial charge in [-0.1, -0.05) is 60.7 Å². The van der Waals surface area contributed by atoms with Gasteiger partial charge in [-0.25, -0.2) is 0 Å². The van der Waals surface area contributed by atoms with Crippen LogP contribution in [0, 0.1) is 13.8 Å². The molecule has 0 aliphatic carbocycles. The van der Waals surface area contributed by atoms with Crippen molar-refractivity contribution in [3.05, 3.63) is 71.8 Å². The minimum atomic E-state index is 1.30. The second kappa shape index (κ2) is 6.31. The van der Waals surface area contributed by atoms with E-state index in [1.54, 1.807) is 0 Å². The summed E-state index contributed by atoms with van der Waals surface area (Å²) in [5.74, 6) is 0. The number of fused-ring (bicyclic) bond motifs is 1. The number of rotatable bonds is 2. The maximum Gasteiger partial charge on any atom is 0.0374 e. The first-order valence-electron chi connectivity index (χ1n) is 7.56. The molecule has 3 aromatic rings. The van der Waals surface area contributed by atoms with E-state index in [4.69, 9.17) is 0 Å². The summed E-state index contributed by atoms with van der Waals surface area (Å²) in [6, 6.07) is 21.6. The van der Waals surface area contributed by atoms with Crippen LogP contribution in [0.15, 0.2) is 70.5 Å². The van der Waals surface area contributed by atoms with Crippen molar-refractivity contribution < 1.29 is 0 Å². The predicted molar refractivity (Wildman–Crippen MR) is 106 cm³/mol. The zero-order chi connectivity index (χ0) is 15.8. The SMILES string of the molecule is Cc1c2c(c(C)c(-c3ccccc3)c1-c1ccccc1)SSS2. The van der Waals surface area contributed by atoms with Gasteiger partial charge in [0, 0.05) is 9.79 Å². The van der Waals surface area contributed by atoms with Crippen molar-refractivity contribution in [1.29, 1.82) is 0 Å². The molecule has 0 atom stereocenters. The Kier molecular flexibility index (Phi) is 4.18. The van der Waals surface area contributed by atoms with Gasteiger partial charge in [-0.3, -0.25) is 0 Å². The van der Waals surface area contributed by atoms with Crippen molar-refractivity contribution in [2.45, 2.75) is 23.6 Å². The van der Waals surface area contributed by atoms with E-state index in [-0.39, 0.29) is 0 Å². The normalized spacial score (nSPS) is 13.1. The van der Waals surface area contributed by atoms with Crippen LogP contribution >= 0.6 is 31.4 Å². The Morgan fingerprint density at radius 3 is 1.35 bits per heavy atom. The first-order chi connectivity index (χ1) is 11.3. The summed E-state index contributed by atoms with van der Waals surface area (Å²) in [4.78, 5) is 2.88. The Labute approximate surface area is 148 Å². The van der Waals surface area contributed by atoms with E-state index in [0.29, 0.717) is 0 Å². The van der Waals surface area contributed by atoms with Gasteiger partial charge in [-0.2, -0.15) is 0 Å². The molecule has 0 saturated heterocycles. The van der Waals surface area contributed by atoms with Gasteiger partial charge in [0.15, 0.2) is 0 Å². The molecule has 0 radical (unpaired) electrons. The maximum absolute atomic E-state index is 2.27. The highest BCUT2D eigenvalue weighted by Crippen LogP contribution is 2.60. The monoisotopic (exact) mass is 352 g/mol.